The number of benzene rings is 1. The molecule has 4 fully saturated rings. The van der Waals surface area contributed by atoms with Crippen molar-refractivity contribution in [1.82, 2.24) is 15.1 Å². The third-order valence-corrected chi connectivity index (χ3v) is 9.49. The van der Waals surface area contributed by atoms with Crippen molar-refractivity contribution in [2.45, 2.75) is 62.3 Å². The molecule has 4 aliphatic heterocycles. The van der Waals surface area contributed by atoms with Crippen LogP contribution in [-0.2, 0) is 23.9 Å². The van der Waals surface area contributed by atoms with E-state index in [9.17, 15) is 14.4 Å². The Morgan fingerprint density at radius 2 is 1.77 bits per heavy atom. The van der Waals surface area contributed by atoms with E-state index in [4.69, 9.17) is 9.47 Å². The Morgan fingerprint density at radius 3 is 2.51 bits per heavy atom. The Bertz CT molecular complexity index is 1120. The highest BCUT2D eigenvalue weighted by Gasteiger charge is 2.72. The summed E-state index contributed by atoms with van der Waals surface area (Å²) < 4.78 is 12.8. The third-order valence-electron chi connectivity index (χ3n) is 8.97. The number of nitrogens with one attached hydrogen (secondary N) is 2. The van der Waals surface area contributed by atoms with Gasteiger partial charge in [0.1, 0.15) is 11.6 Å². The van der Waals surface area contributed by atoms with Crippen molar-refractivity contribution in [3.05, 3.63) is 40.9 Å². The molecule has 3 amide bonds. The molecule has 5 atom stereocenters. The van der Waals surface area contributed by atoms with Gasteiger partial charge in [-0.2, -0.15) is 0 Å². The molecule has 0 aromatic heterocycles. The van der Waals surface area contributed by atoms with E-state index in [1.807, 2.05) is 36.4 Å². The lowest BCUT2D eigenvalue weighted by molar-refractivity contribution is -0.141. The molecule has 3 saturated heterocycles. The number of hydrogen-bond acceptors (Lipinski definition) is 6. The number of nitrogens with zero attached hydrogens (tertiary/aromatic N) is 2. The second-order valence-electron chi connectivity index (χ2n) is 11.4. The van der Waals surface area contributed by atoms with E-state index in [0.717, 1.165) is 69.4 Å². The summed E-state index contributed by atoms with van der Waals surface area (Å²) in [6.45, 7) is 4.45. The second kappa shape index (κ2) is 11.3. The van der Waals surface area contributed by atoms with Crippen molar-refractivity contribution in [3.8, 4) is 0 Å². The van der Waals surface area contributed by atoms with Gasteiger partial charge in [0.25, 0.3) is 0 Å². The standard InChI is InChI=1S/C29H37BrN4O5/c30-19-7-9-21(10-8-19)31-26(35)23-22-11-12-29(39-22)24(23)28(37)34(14-4-13-33-15-17-38-18-16-33)25(29)27(36)32-20-5-2-1-3-6-20/h7-12,20,22-25H,1-6,13-18H2,(H,31,35)(H,32,36)/t22-,23-,24-,25-,29-/m0/s1. The van der Waals surface area contributed by atoms with Crippen LogP contribution in [0.2, 0.25) is 0 Å². The van der Waals surface area contributed by atoms with E-state index in [1.54, 1.807) is 4.90 Å². The predicted octanol–water partition coefficient (Wildman–Crippen LogP) is 2.71. The van der Waals surface area contributed by atoms with Gasteiger partial charge < -0.3 is 25.0 Å². The molecule has 1 aliphatic carbocycles. The maximum Gasteiger partial charge on any atom is 0.246 e. The highest BCUT2D eigenvalue weighted by molar-refractivity contribution is 9.10. The molecule has 1 aromatic rings. The number of rotatable bonds is 8. The van der Waals surface area contributed by atoms with Gasteiger partial charge in [0.05, 0.1) is 31.2 Å². The van der Waals surface area contributed by atoms with Gasteiger partial charge in [-0.3, -0.25) is 19.3 Å². The van der Waals surface area contributed by atoms with Crippen molar-refractivity contribution in [2.24, 2.45) is 11.8 Å². The van der Waals surface area contributed by atoms with E-state index in [-0.39, 0.29) is 23.8 Å². The number of likely N-dealkylation sites (tertiary alicyclic amines) is 1. The minimum atomic E-state index is -1.12. The van der Waals surface area contributed by atoms with Crippen LogP contribution >= 0.6 is 15.9 Å². The SMILES string of the molecule is O=C(Nc1ccc(Br)cc1)[C@H]1[C@@H]2C=C[C@]3(O2)[C@@H]1C(=O)N(CCCN1CCOCC1)[C@H]3C(=O)NC1CCCCC1. The molecule has 1 saturated carbocycles. The zero-order valence-electron chi connectivity index (χ0n) is 22.1. The number of carbonyl (C=O) groups is 3. The Morgan fingerprint density at radius 1 is 1.03 bits per heavy atom. The van der Waals surface area contributed by atoms with Crippen molar-refractivity contribution in [1.29, 1.82) is 0 Å². The molecular weight excluding hydrogens is 564 g/mol. The van der Waals surface area contributed by atoms with E-state index in [0.29, 0.717) is 12.2 Å². The summed E-state index contributed by atoms with van der Waals surface area (Å²) in [7, 11) is 0. The van der Waals surface area contributed by atoms with Crippen molar-refractivity contribution in [2.75, 3.05) is 44.7 Å². The van der Waals surface area contributed by atoms with Gasteiger partial charge in [-0.05, 0) is 43.5 Å². The zero-order chi connectivity index (χ0) is 27.0. The number of hydrogen-bond donors (Lipinski definition) is 2. The molecule has 0 radical (unpaired) electrons. The largest absolute Gasteiger partial charge is 0.379 e. The third kappa shape index (κ3) is 5.16. The fourth-order valence-corrected chi connectivity index (χ4v) is 7.35. The lowest BCUT2D eigenvalue weighted by atomic mass is 9.74. The topological polar surface area (TPSA) is 100 Å². The number of carbonyl (C=O) groups excluding carboxylic acids is 3. The summed E-state index contributed by atoms with van der Waals surface area (Å²) in [5.41, 5.74) is -0.468. The fraction of sp³-hybridized carbons (Fsp3) is 0.621. The van der Waals surface area contributed by atoms with Crippen molar-refractivity contribution >= 4 is 39.3 Å². The summed E-state index contributed by atoms with van der Waals surface area (Å²) in [4.78, 5) is 45.6. The molecule has 210 valence electrons. The van der Waals surface area contributed by atoms with Crippen LogP contribution in [0.4, 0.5) is 5.69 Å². The van der Waals surface area contributed by atoms with Crippen molar-refractivity contribution in [3.63, 3.8) is 0 Å². The minimum Gasteiger partial charge on any atom is -0.379 e. The van der Waals surface area contributed by atoms with Crippen LogP contribution in [0.25, 0.3) is 0 Å². The van der Waals surface area contributed by atoms with Crippen LogP contribution in [-0.4, -0.2) is 90.7 Å². The monoisotopic (exact) mass is 600 g/mol. The Kier molecular flexibility index (Phi) is 7.81. The van der Waals surface area contributed by atoms with Gasteiger partial charge in [0.2, 0.25) is 17.7 Å². The second-order valence-corrected chi connectivity index (χ2v) is 12.3. The normalized spacial score (nSPS) is 32.4. The highest BCUT2D eigenvalue weighted by atomic mass is 79.9. The number of anilines is 1. The van der Waals surface area contributed by atoms with Gasteiger partial charge in [-0.1, -0.05) is 47.3 Å². The first kappa shape index (κ1) is 26.9. The zero-order valence-corrected chi connectivity index (χ0v) is 23.7. The molecule has 5 aliphatic rings. The van der Waals surface area contributed by atoms with Crippen LogP contribution in [0.1, 0.15) is 38.5 Å². The number of ether oxygens (including phenoxy) is 2. The van der Waals surface area contributed by atoms with Crippen LogP contribution in [0.5, 0.6) is 0 Å². The van der Waals surface area contributed by atoms with Crippen molar-refractivity contribution < 1.29 is 23.9 Å². The molecule has 2 bridgehead atoms. The number of amides is 3. The van der Waals surface area contributed by atoms with E-state index in [1.165, 1.54) is 6.42 Å². The van der Waals surface area contributed by atoms with E-state index in [2.05, 4.69) is 31.5 Å². The number of halogens is 1. The molecule has 0 unspecified atom stereocenters. The van der Waals surface area contributed by atoms with Gasteiger partial charge >= 0.3 is 0 Å². The summed E-state index contributed by atoms with van der Waals surface area (Å²) in [6.07, 6.45) is 9.26. The summed E-state index contributed by atoms with van der Waals surface area (Å²) in [5, 5.41) is 6.23. The minimum absolute atomic E-state index is 0.117. The summed E-state index contributed by atoms with van der Waals surface area (Å²) in [6, 6.07) is 6.68. The molecule has 4 heterocycles. The maximum absolute atomic E-state index is 14.1. The first-order chi connectivity index (χ1) is 19.0. The molecule has 2 N–H and O–H groups in total. The Hall–Kier alpha value is -2.27. The molecule has 1 spiro atoms. The number of morpholine rings is 1. The average molecular weight is 602 g/mol. The molecule has 10 heteroatoms. The molecule has 39 heavy (non-hydrogen) atoms. The molecule has 1 aromatic carbocycles. The van der Waals surface area contributed by atoms with E-state index < -0.39 is 29.6 Å². The van der Waals surface area contributed by atoms with Gasteiger partial charge in [0.15, 0.2) is 0 Å². The quantitative estimate of drug-likeness (QED) is 0.445. The molecular formula is C29H37BrN4O5. The summed E-state index contributed by atoms with van der Waals surface area (Å²) in [5.74, 6) is -2.01. The Balaban J connectivity index is 1.23. The summed E-state index contributed by atoms with van der Waals surface area (Å²) >= 11 is 3.42. The first-order valence-corrected chi connectivity index (χ1v) is 15.1. The number of fused-ring (bicyclic) bond motifs is 1. The lowest BCUT2D eigenvalue weighted by Gasteiger charge is -2.34. The van der Waals surface area contributed by atoms with Gasteiger partial charge in [-0.25, -0.2) is 0 Å². The molecule has 6 rings (SSSR count). The van der Waals surface area contributed by atoms with Gasteiger partial charge in [0, 0.05) is 42.4 Å². The molecule has 9 nitrogen and oxygen atoms in total. The Labute approximate surface area is 237 Å². The smallest absolute Gasteiger partial charge is 0.246 e. The maximum atomic E-state index is 14.1. The van der Waals surface area contributed by atoms with Crippen LogP contribution in [0.15, 0.2) is 40.9 Å². The predicted molar refractivity (Wildman–Crippen MR) is 149 cm³/mol. The van der Waals surface area contributed by atoms with Crippen LogP contribution < -0.4 is 10.6 Å². The van der Waals surface area contributed by atoms with Gasteiger partial charge in [-0.15, -0.1) is 0 Å². The highest BCUT2D eigenvalue weighted by Crippen LogP contribution is 2.55. The average Bonchev–Trinajstić information content (AvgIpc) is 3.58. The van der Waals surface area contributed by atoms with Crippen LogP contribution in [0, 0.1) is 11.8 Å². The lowest BCUT2D eigenvalue weighted by Crippen LogP contribution is -2.56. The van der Waals surface area contributed by atoms with Crippen LogP contribution in [0.3, 0.4) is 0 Å². The first-order valence-electron chi connectivity index (χ1n) is 14.3. The van der Waals surface area contributed by atoms with E-state index >= 15 is 0 Å². The fourth-order valence-electron chi connectivity index (χ4n) is 7.08.